The van der Waals surface area contributed by atoms with E-state index < -0.39 is 0 Å². The lowest BCUT2D eigenvalue weighted by Gasteiger charge is -2.52. The lowest BCUT2D eigenvalue weighted by atomic mass is 9.64. The van der Waals surface area contributed by atoms with Crippen molar-refractivity contribution in [1.29, 1.82) is 0 Å². The molecule has 1 aromatic rings. The summed E-state index contributed by atoms with van der Waals surface area (Å²) >= 11 is 0. The summed E-state index contributed by atoms with van der Waals surface area (Å²) in [6.45, 7) is 7.28. The molecule has 0 bridgehead atoms. The van der Waals surface area contributed by atoms with Gasteiger partial charge in [-0.05, 0) is 31.5 Å². The van der Waals surface area contributed by atoms with E-state index in [9.17, 15) is 0 Å². The summed E-state index contributed by atoms with van der Waals surface area (Å²) in [4.78, 5) is 0. The molecule has 4 nitrogen and oxygen atoms in total. The Balaban J connectivity index is 2.01. The van der Waals surface area contributed by atoms with Crippen molar-refractivity contribution >= 4 is 17.1 Å². The molecule has 2 unspecified atom stereocenters. The van der Waals surface area contributed by atoms with Gasteiger partial charge in [0, 0.05) is 23.8 Å². The summed E-state index contributed by atoms with van der Waals surface area (Å²) in [5.74, 6) is 0. The summed E-state index contributed by atoms with van der Waals surface area (Å²) in [7, 11) is 0. The van der Waals surface area contributed by atoms with Gasteiger partial charge in [-0.3, -0.25) is 0 Å². The number of benzene rings is 1. The Labute approximate surface area is 109 Å². The highest BCUT2D eigenvalue weighted by Crippen LogP contribution is 2.44. The number of anilines is 3. The monoisotopic (exact) mass is 249 g/mol. The molecule has 0 spiro atoms. The van der Waals surface area contributed by atoms with Gasteiger partial charge >= 0.3 is 0 Å². The molecule has 1 aliphatic carbocycles. The van der Waals surface area contributed by atoms with Crippen LogP contribution in [0.5, 0.6) is 0 Å². The van der Waals surface area contributed by atoms with Crippen LogP contribution in [-0.4, -0.2) is 18.8 Å². The molecule has 2 rings (SSSR count). The van der Waals surface area contributed by atoms with Crippen LogP contribution in [-0.2, 0) is 4.74 Å². The SMILES string of the molecule is CCOC1CC(Nc2ccc(N)c(N)c2)C1(C)C. The summed E-state index contributed by atoms with van der Waals surface area (Å²) in [5.41, 5.74) is 13.9. The molecule has 0 aromatic heterocycles. The van der Waals surface area contributed by atoms with Gasteiger partial charge in [0.25, 0.3) is 0 Å². The molecule has 0 heterocycles. The number of nitrogen functional groups attached to an aromatic ring is 2. The van der Waals surface area contributed by atoms with E-state index >= 15 is 0 Å². The van der Waals surface area contributed by atoms with Gasteiger partial charge in [0.2, 0.25) is 0 Å². The molecular weight excluding hydrogens is 226 g/mol. The zero-order valence-corrected chi connectivity index (χ0v) is 11.4. The summed E-state index contributed by atoms with van der Waals surface area (Å²) in [6, 6.07) is 6.11. The Morgan fingerprint density at radius 1 is 1.33 bits per heavy atom. The van der Waals surface area contributed by atoms with Crippen LogP contribution >= 0.6 is 0 Å². The number of nitrogens with two attached hydrogens (primary N) is 2. The average molecular weight is 249 g/mol. The topological polar surface area (TPSA) is 73.3 Å². The van der Waals surface area contributed by atoms with Gasteiger partial charge in [-0.1, -0.05) is 13.8 Å². The van der Waals surface area contributed by atoms with E-state index in [0.29, 0.717) is 23.5 Å². The Morgan fingerprint density at radius 2 is 2.06 bits per heavy atom. The van der Waals surface area contributed by atoms with Gasteiger partial charge in [0.1, 0.15) is 0 Å². The maximum absolute atomic E-state index is 5.81. The van der Waals surface area contributed by atoms with Crippen LogP contribution in [0.3, 0.4) is 0 Å². The molecule has 2 atom stereocenters. The third kappa shape index (κ3) is 2.25. The number of hydrogen-bond acceptors (Lipinski definition) is 4. The maximum Gasteiger partial charge on any atom is 0.0665 e. The van der Waals surface area contributed by atoms with Crippen molar-refractivity contribution in [3.05, 3.63) is 18.2 Å². The smallest absolute Gasteiger partial charge is 0.0665 e. The highest BCUT2D eigenvalue weighted by atomic mass is 16.5. The van der Waals surface area contributed by atoms with E-state index in [1.54, 1.807) is 0 Å². The predicted molar refractivity (Wildman–Crippen MR) is 76.5 cm³/mol. The molecule has 0 amide bonds. The predicted octanol–water partition coefficient (Wildman–Crippen LogP) is 2.47. The molecule has 0 saturated heterocycles. The largest absolute Gasteiger partial charge is 0.397 e. The van der Waals surface area contributed by atoms with Gasteiger partial charge < -0.3 is 21.5 Å². The van der Waals surface area contributed by atoms with Crippen LogP contribution in [0.4, 0.5) is 17.1 Å². The lowest BCUT2D eigenvalue weighted by molar-refractivity contribution is -0.0975. The minimum absolute atomic E-state index is 0.145. The van der Waals surface area contributed by atoms with Crippen molar-refractivity contribution in [2.24, 2.45) is 5.41 Å². The highest BCUT2D eigenvalue weighted by molar-refractivity contribution is 5.69. The van der Waals surface area contributed by atoms with Gasteiger partial charge in [0.15, 0.2) is 0 Å². The number of ether oxygens (including phenoxy) is 1. The minimum Gasteiger partial charge on any atom is -0.397 e. The van der Waals surface area contributed by atoms with Crippen LogP contribution in [0.1, 0.15) is 27.2 Å². The first-order valence-corrected chi connectivity index (χ1v) is 6.48. The minimum atomic E-state index is 0.145. The lowest BCUT2D eigenvalue weighted by Crippen LogP contribution is -2.58. The van der Waals surface area contributed by atoms with Crippen LogP contribution < -0.4 is 16.8 Å². The first-order valence-electron chi connectivity index (χ1n) is 6.48. The number of hydrogen-bond donors (Lipinski definition) is 3. The standard InChI is InChI=1S/C14H23N3O/c1-4-18-13-8-12(14(13,2)3)17-9-5-6-10(15)11(16)7-9/h5-7,12-13,17H,4,8,15-16H2,1-3H3. The third-order valence-corrected chi connectivity index (χ3v) is 3.97. The molecule has 1 saturated carbocycles. The van der Waals surface area contributed by atoms with E-state index in [-0.39, 0.29) is 5.41 Å². The van der Waals surface area contributed by atoms with E-state index in [4.69, 9.17) is 16.2 Å². The summed E-state index contributed by atoms with van der Waals surface area (Å²) < 4.78 is 5.72. The summed E-state index contributed by atoms with van der Waals surface area (Å²) in [5, 5.41) is 3.51. The Hall–Kier alpha value is -1.42. The number of nitrogens with one attached hydrogen (secondary N) is 1. The molecule has 4 heteroatoms. The van der Waals surface area contributed by atoms with Crippen LogP contribution in [0.15, 0.2) is 18.2 Å². The molecule has 100 valence electrons. The van der Waals surface area contributed by atoms with Gasteiger partial charge in [0.05, 0.1) is 17.5 Å². The molecule has 0 radical (unpaired) electrons. The molecule has 1 aromatic carbocycles. The Morgan fingerprint density at radius 3 is 2.61 bits per heavy atom. The van der Waals surface area contributed by atoms with Gasteiger partial charge in [-0.2, -0.15) is 0 Å². The molecular formula is C14H23N3O. The molecule has 0 aliphatic heterocycles. The van der Waals surface area contributed by atoms with Crippen LogP contribution in [0.25, 0.3) is 0 Å². The molecule has 5 N–H and O–H groups in total. The average Bonchev–Trinajstić information content (AvgIpc) is 2.32. The second kappa shape index (κ2) is 4.69. The molecule has 1 aliphatic rings. The zero-order chi connectivity index (χ0) is 13.3. The van der Waals surface area contributed by atoms with Crippen LogP contribution in [0, 0.1) is 5.41 Å². The first kappa shape index (κ1) is 13.0. The van der Waals surface area contributed by atoms with E-state index in [2.05, 4.69) is 19.2 Å². The Kier molecular flexibility index (Phi) is 3.39. The van der Waals surface area contributed by atoms with Crippen molar-refractivity contribution in [3.63, 3.8) is 0 Å². The maximum atomic E-state index is 5.81. The van der Waals surface area contributed by atoms with E-state index in [1.807, 2.05) is 25.1 Å². The van der Waals surface area contributed by atoms with Crippen molar-refractivity contribution in [2.45, 2.75) is 39.3 Å². The molecule has 18 heavy (non-hydrogen) atoms. The Bertz CT molecular complexity index is 431. The van der Waals surface area contributed by atoms with E-state index in [0.717, 1.165) is 18.7 Å². The fourth-order valence-corrected chi connectivity index (χ4v) is 2.48. The fraction of sp³-hybridized carbons (Fsp3) is 0.571. The van der Waals surface area contributed by atoms with Crippen molar-refractivity contribution < 1.29 is 4.74 Å². The zero-order valence-electron chi connectivity index (χ0n) is 11.4. The van der Waals surface area contributed by atoms with Crippen molar-refractivity contribution in [2.75, 3.05) is 23.4 Å². The van der Waals surface area contributed by atoms with Crippen molar-refractivity contribution in [3.8, 4) is 0 Å². The first-order chi connectivity index (χ1) is 8.45. The van der Waals surface area contributed by atoms with Gasteiger partial charge in [-0.25, -0.2) is 0 Å². The van der Waals surface area contributed by atoms with Gasteiger partial charge in [-0.15, -0.1) is 0 Å². The molecule has 1 fully saturated rings. The quantitative estimate of drug-likeness (QED) is 0.717. The fourth-order valence-electron chi connectivity index (χ4n) is 2.48. The summed E-state index contributed by atoms with van der Waals surface area (Å²) in [6.07, 6.45) is 1.37. The second-order valence-electron chi connectivity index (χ2n) is 5.54. The normalized spacial score (nSPS) is 25.5. The highest BCUT2D eigenvalue weighted by Gasteiger charge is 2.48. The van der Waals surface area contributed by atoms with E-state index in [1.165, 1.54) is 0 Å². The second-order valence-corrected chi connectivity index (χ2v) is 5.54. The number of rotatable bonds is 4. The van der Waals surface area contributed by atoms with Crippen molar-refractivity contribution in [1.82, 2.24) is 0 Å². The third-order valence-electron chi connectivity index (χ3n) is 3.97. The van der Waals surface area contributed by atoms with Crippen LogP contribution in [0.2, 0.25) is 0 Å².